The second kappa shape index (κ2) is 6.90. The van der Waals surface area contributed by atoms with Crippen molar-refractivity contribution in [2.75, 3.05) is 24.5 Å². The number of nitrogens with zero attached hydrogens (tertiary/aromatic N) is 2. The van der Waals surface area contributed by atoms with E-state index < -0.39 is 0 Å². The number of hydrogen-bond acceptors (Lipinski definition) is 3. The highest BCUT2D eigenvalue weighted by Crippen LogP contribution is 2.25. The second-order valence-corrected chi connectivity index (χ2v) is 6.04. The molecule has 1 saturated heterocycles. The summed E-state index contributed by atoms with van der Waals surface area (Å²) in [6.45, 7) is 10.0. The molecule has 1 aliphatic heterocycles. The largest absolute Gasteiger partial charge is 0.352 e. The molecule has 3 nitrogen and oxygen atoms in total. The fourth-order valence-corrected chi connectivity index (χ4v) is 2.81. The molecule has 2 heterocycles. The van der Waals surface area contributed by atoms with Gasteiger partial charge >= 0.3 is 0 Å². The van der Waals surface area contributed by atoms with Crippen molar-refractivity contribution in [3.05, 3.63) is 23.9 Å². The highest BCUT2D eigenvalue weighted by Gasteiger charge is 2.24. The van der Waals surface area contributed by atoms with E-state index in [4.69, 9.17) is 0 Å². The fraction of sp³-hybridized carbons (Fsp3) is 0.688. The molecule has 1 aromatic rings. The highest BCUT2D eigenvalue weighted by molar-refractivity contribution is 5.47. The Bertz CT molecular complexity index is 389. The van der Waals surface area contributed by atoms with Crippen LogP contribution in [0.2, 0.25) is 0 Å². The molecule has 1 unspecified atom stereocenters. The van der Waals surface area contributed by atoms with Gasteiger partial charge in [0, 0.05) is 25.3 Å². The van der Waals surface area contributed by atoms with Crippen molar-refractivity contribution >= 4 is 5.82 Å². The van der Waals surface area contributed by atoms with Crippen LogP contribution in [0, 0.1) is 12.8 Å². The van der Waals surface area contributed by atoms with Crippen LogP contribution in [0.4, 0.5) is 5.82 Å². The second-order valence-electron chi connectivity index (χ2n) is 6.04. The fourth-order valence-electron chi connectivity index (χ4n) is 2.81. The Morgan fingerprint density at radius 3 is 3.00 bits per heavy atom. The number of pyridine rings is 1. The summed E-state index contributed by atoms with van der Waals surface area (Å²) in [5.41, 5.74) is 1.29. The van der Waals surface area contributed by atoms with E-state index in [9.17, 15) is 0 Å². The predicted molar refractivity (Wildman–Crippen MR) is 81.7 cm³/mol. The molecule has 3 heteroatoms. The van der Waals surface area contributed by atoms with Gasteiger partial charge < -0.3 is 10.2 Å². The van der Waals surface area contributed by atoms with Gasteiger partial charge in [-0.2, -0.15) is 0 Å². The van der Waals surface area contributed by atoms with Crippen LogP contribution in [-0.4, -0.2) is 30.7 Å². The van der Waals surface area contributed by atoms with E-state index in [1.54, 1.807) is 0 Å². The number of piperidine rings is 1. The van der Waals surface area contributed by atoms with Crippen LogP contribution in [0.5, 0.6) is 0 Å². The molecule has 1 aromatic heterocycles. The lowest BCUT2D eigenvalue weighted by Gasteiger charge is -2.37. The van der Waals surface area contributed by atoms with Gasteiger partial charge in [-0.3, -0.25) is 0 Å². The molecular formula is C16H27N3. The van der Waals surface area contributed by atoms with E-state index in [2.05, 4.69) is 42.0 Å². The maximum Gasteiger partial charge on any atom is 0.131 e. The van der Waals surface area contributed by atoms with Crippen molar-refractivity contribution in [2.45, 2.75) is 46.1 Å². The SMILES string of the molecule is Cc1cccnc1N1CCCCC1CNCC(C)C. The maximum absolute atomic E-state index is 4.59. The average Bonchev–Trinajstić information content (AvgIpc) is 2.40. The van der Waals surface area contributed by atoms with E-state index in [0.717, 1.165) is 19.6 Å². The molecule has 0 spiro atoms. The van der Waals surface area contributed by atoms with Gasteiger partial charge in [0.15, 0.2) is 0 Å². The molecule has 1 fully saturated rings. The van der Waals surface area contributed by atoms with Crippen molar-refractivity contribution < 1.29 is 0 Å². The van der Waals surface area contributed by atoms with Crippen molar-refractivity contribution in [3.8, 4) is 0 Å². The number of aromatic nitrogens is 1. The topological polar surface area (TPSA) is 28.2 Å². The van der Waals surface area contributed by atoms with Gasteiger partial charge in [-0.05, 0) is 50.3 Å². The van der Waals surface area contributed by atoms with Gasteiger partial charge in [0.2, 0.25) is 0 Å². The van der Waals surface area contributed by atoms with Gasteiger partial charge in [-0.25, -0.2) is 4.98 Å². The van der Waals surface area contributed by atoms with E-state index in [-0.39, 0.29) is 0 Å². The lowest BCUT2D eigenvalue weighted by Crippen LogP contribution is -2.46. The third-order valence-electron chi connectivity index (χ3n) is 3.81. The Morgan fingerprint density at radius 2 is 2.26 bits per heavy atom. The molecule has 0 radical (unpaired) electrons. The quantitative estimate of drug-likeness (QED) is 0.883. The highest BCUT2D eigenvalue weighted by atomic mass is 15.2. The molecule has 1 aliphatic rings. The number of anilines is 1. The first-order valence-electron chi connectivity index (χ1n) is 7.57. The van der Waals surface area contributed by atoms with Crippen molar-refractivity contribution in [1.82, 2.24) is 10.3 Å². The molecule has 1 atom stereocenters. The van der Waals surface area contributed by atoms with Crippen LogP contribution in [-0.2, 0) is 0 Å². The number of nitrogens with one attached hydrogen (secondary N) is 1. The first-order chi connectivity index (χ1) is 9.18. The van der Waals surface area contributed by atoms with Gasteiger partial charge in [0.05, 0.1) is 0 Å². The minimum Gasteiger partial charge on any atom is -0.352 e. The lowest BCUT2D eigenvalue weighted by atomic mass is 10.0. The normalized spacial score (nSPS) is 20.0. The molecule has 2 rings (SSSR count). The van der Waals surface area contributed by atoms with Crippen molar-refractivity contribution in [1.29, 1.82) is 0 Å². The molecular weight excluding hydrogens is 234 g/mol. The zero-order chi connectivity index (χ0) is 13.7. The molecule has 0 aromatic carbocycles. The molecule has 1 N–H and O–H groups in total. The third-order valence-corrected chi connectivity index (χ3v) is 3.81. The Hall–Kier alpha value is -1.09. The monoisotopic (exact) mass is 261 g/mol. The van der Waals surface area contributed by atoms with Gasteiger partial charge in [0.25, 0.3) is 0 Å². The summed E-state index contributed by atoms with van der Waals surface area (Å²) in [7, 11) is 0. The van der Waals surface area contributed by atoms with Crippen LogP contribution in [0.1, 0.15) is 38.7 Å². The number of rotatable bonds is 5. The van der Waals surface area contributed by atoms with Crippen LogP contribution >= 0.6 is 0 Å². The van der Waals surface area contributed by atoms with Crippen LogP contribution in [0.3, 0.4) is 0 Å². The summed E-state index contributed by atoms with van der Waals surface area (Å²) in [6.07, 6.45) is 5.82. The minimum absolute atomic E-state index is 0.598. The first kappa shape index (κ1) is 14.3. The van der Waals surface area contributed by atoms with Crippen LogP contribution < -0.4 is 10.2 Å². The van der Waals surface area contributed by atoms with Crippen LogP contribution in [0.25, 0.3) is 0 Å². The average molecular weight is 261 g/mol. The summed E-state index contributed by atoms with van der Waals surface area (Å²) in [4.78, 5) is 7.10. The molecule has 0 bridgehead atoms. The summed E-state index contributed by atoms with van der Waals surface area (Å²) >= 11 is 0. The van der Waals surface area contributed by atoms with Gasteiger partial charge in [-0.1, -0.05) is 19.9 Å². The zero-order valence-corrected chi connectivity index (χ0v) is 12.5. The molecule has 106 valence electrons. The van der Waals surface area contributed by atoms with E-state index in [1.807, 2.05) is 12.3 Å². The standard InChI is InChI=1S/C16H27N3/c1-13(2)11-17-12-15-8-4-5-10-19(15)16-14(3)7-6-9-18-16/h6-7,9,13,15,17H,4-5,8,10-12H2,1-3H3. The minimum atomic E-state index is 0.598. The summed E-state index contributed by atoms with van der Waals surface area (Å²) in [5, 5.41) is 3.60. The van der Waals surface area contributed by atoms with Crippen LogP contribution in [0.15, 0.2) is 18.3 Å². The van der Waals surface area contributed by atoms with Crippen molar-refractivity contribution in [2.24, 2.45) is 5.92 Å². The third kappa shape index (κ3) is 3.93. The molecule has 19 heavy (non-hydrogen) atoms. The smallest absolute Gasteiger partial charge is 0.131 e. The summed E-state index contributed by atoms with van der Waals surface area (Å²) < 4.78 is 0. The van der Waals surface area contributed by atoms with Gasteiger partial charge in [0.1, 0.15) is 5.82 Å². The molecule has 0 saturated carbocycles. The van der Waals surface area contributed by atoms with E-state index >= 15 is 0 Å². The molecule has 0 aliphatic carbocycles. The van der Waals surface area contributed by atoms with E-state index in [0.29, 0.717) is 12.0 Å². The lowest BCUT2D eigenvalue weighted by molar-refractivity contribution is 0.420. The van der Waals surface area contributed by atoms with Crippen molar-refractivity contribution in [3.63, 3.8) is 0 Å². The van der Waals surface area contributed by atoms with E-state index in [1.165, 1.54) is 30.6 Å². The summed E-state index contributed by atoms with van der Waals surface area (Å²) in [6, 6.07) is 4.78. The predicted octanol–water partition coefficient (Wildman–Crippen LogP) is 2.99. The first-order valence-corrected chi connectivity index (χ1v) is 7.57. The maximum atomic E-state index is 4.59. The Kier molecular flexibility index (Phi) is 5.20. The Labute approximate surface area is 117 Å². The summed E-state index contributed by atoms with van der Waals surface area (Å²) in [5.74, 6) is 1.90. The van der Waals surface area contributed by atoms with Gasteiger partial charge in [-0.15, -0.1) is 0 Å². The molecule has 0 amide bonds. The number of hydrogen-bond donors (Lipinski definition) is 1. The zero-order valence-electron chi connectivity index (χ0n) is 12.5. The number of aryl methyl sites for hydroxylation is 1. The Morgan fingerprint density at radius 1 is 1.42 bits per heavy atom. The Balaban J connectivity index is 2.02.